The van der Waals surface area contributed by atoms with E-state index in [1.165, 1.54) is 11.1 Å². The van der Waals surface area contributed by atoms with E-state index in [4.69, 9.17) is 5.26 Å². The van der Waals surface area contributed by atoms with Gasteiger partial charge in [0.05, 0.1) is 0 Å². The summed E-state index contributed by atoms with van der Waals surface area (Å²) in [7, 11) is 1.89. The van der Waals surface area contributed by atoms with Gasteiger partial charge in [0.15, 0.2) is 0 Å². The van der Waals surface area contributed by atoms with Crippen LogP contribution in [0.4, 0.5) is 11.6 Å². The highest BCUT2D eigenvalue weighted by molar-refractivity contribution is 5.58. The Morgan fingerprint density at radius 1 is 1.17 bits per heavy atom. The first-order chi connectivity index (χ1) is 8.60. The van der Waals surface area contributed by atoms with E-state index >= 15 is 0 Å². The molecule has 0 fully saturated rings. The lowest BCUT2D eigenvalue weighted by atomic mass is 10.1. The van der Waals surface area contributed by atoms with Crippen molar-refractivity contribution in [1.29, 1.82) is 5.26 Å². The minimum atomic E-state index is 0.372. The summed E-state index contributed by atoms with van der Waals surface area (Å²) in [6.07, 6.45) is 1.60. The number of nitriles is 1. The van der Waals surface area contributed by atoms with Crippen molar-refractivity contribution in [2.75, 3.05) is 11.9 Å². The van der Waals surface area contributed by atoms with Crippen LogP contribution in [-0.4, -0.2) is 17.0 Å². The highest BCUT2D eigenvalue weighted by Crippen LogP contribution is 2.22. The predicted octanol–water partition coefficient (Wildman–Crippen LogP) is 2.73. The average molecular weight is 238 g/mol. The Morgan fingerprint density at radius 2 is 1.83 bits per heavy atom. The van der Waals surface area contributed by atoms with Crippen molar-refractivity contribution in [1.82, 2.24) is 9.97 Å². The van der Waals surface area contributed by atoms with Crippen LogP contribution in [0.5, 0.6) is 0 Å². The predicted molar refractivity (Wildman–Crippen MR) is 70.7 cm³/mol. The summed E-state index contributed by atoms with van der Waals surface area (Å²) in [6.45, 7) is 4.10. The van der Waals surface area contributed by atoms with Gasteiger partial charge in [0, 0.05) is 18.9 Å². The topological polar surface area (TPSA) is 52.8 Å². The number of aryl methyl sites for hydroxylation is 2. The summed E-state index contributed by atoms with van der Waals surface area (Å²) >= 11 is 0. The molecule has 0 atom stereocenters. The maximum absolute atomic E-state index is 8.84. The third-order valence-electron chi connectivity index (χ3n) is 2.65. The van der Waals surface area contributed by atoms with Crippen molar-refractivity contribution in [3.63, 3.8) is 0 Å². The fourth-order valence-corrected chi connectivity index (χ4v) is 1.83. The highest BCUT2D eigenvalue weighted by atomic mass is 15.2. The smallest absolute Gasteiger partial charge is 0.230 e. The van der Waals surface area contributed by atoms with Crippen LogP contribution in [0, 0.1) is 25.2 Å². The Bertz CT molecular complexity index is 593. The fourth-order valence-electron chi connectivity index (χ4n) is 1.83. The number of nitrogens with zero attached hydrogens (tertiary/aromatic N) is 4. The summed E-state index contributed by atoms with van der Waals surface area (Å²) in [6, 6.07) is 9.86. The molecular weight excluding hydrogens is 224 g/mol. The monoisotopic (exact) mass is 238 g/mol. The van der Waals surface area contributed by atoms with Gasteiger partial charge in [-0.25, -0.2) is 9.97 Å². The molecule has 0 N–H and O–H groups in total. The Morgan fingerprint density at radius 3 is 2.44 bits per heavy atom. The van der Waals surface area contributed by atoms with Crippen LogP contribution >= 0.6 is 0 Å². The van der Waals surface area contributed by atoms with Crippen molar-refractivity contribution in [3.8, 4) is 6.07 Å². The molecule has 0 aliphatic carbocycles. The van der Waals surface area contributed by atoms with Crippen LogP contribution < -0.4 is 4.90 Å². The number of hydrogen-bond donors (Lipinski definition) is 0. The summed E-state index contributed by atoms with van der Waals surface area (Å²) in [5, 5.41) is 8.84. The van der Waals surface area contributed by atoms with Crippen molar-refractivity contribution in [3.05, 3.63) is 47.3 Å². The van der Waals surface area contributed by atoms with E-state index in [1.54, 1.807) is 12.3 Å². The molecule has 0 unspecified atom stereocenters. The molecule has 0 saturated carbocycles. The van der Waals surface area contributed by atoms with Gasteiger partial charge in [0.25, 0.3) is 0 Å². The standard InChI is InChI=1S/C14H14N4/c1-10-6-11(2)8-13(7-10)18(3)14-16-5-4-12(9-15)17-14/h4-8H,1-3H3. The Hall–Kier alpha value is -2.41. The van der Waals surface area contributed by atoms with Crippen molar-refractivity contribution >= 4 is 11.6 Å². The first kappa shape index (κ1) is 12.1. The van der Waals surface area contributed by atoms with Gasteiger partial charge in [0.2, 0.25) is 5.95 Å². The molecule has 90 valence electrons. The first-order valence-corrected chi connectivity index (χ1v) is 5.65. The molecular formula is C14H14N4. The molecule has 2 rings (SSSR count). The average Bonchev–Trinajstić information content (AvgIpc) is 2.37. The first-order valence-electron chi connectivity index (χ1n) is 5.65. The van der Waals surface area contributed by atoms with E-state index < -0.39 is 0 Å². The molecule has 0 saturated heterocycles. The van der Waals surface area contributed by atoms with Crippen LogP contribution in [0.3, 0.4) is 0 Å². The molecule has 18 heavy (non-hydrogen) atoms. The molecule has 1 aromatic heterocycles. The van der Waals surface area contributed by atoms with E-state index in [-0.39, 0.29) is 0 Å². The molecule has 1 aromatic carbocycles. The van der Waals surface area contributed by atoms with Crippen molar-refractivity contribution in [2.45, 2.75) is 13.8 Å². The van der Waals surface area contributed by atoms with Gasteiger partial charge in [-0.3, -0.25) is 0 Å². The zero-order valence-corrected chi connectivity index (χ0v) is 10.7. The van der Waals surface area contributed by atoms with E-state index in [1.807, 2.05) is 18.0 Å². The van der Waals surface area contributed by atoms with E-state index in [2.05, 4.69) is 42.0 Å². The van der Waals surface area contributed by atoms with Crippen LogP contribution in [0.15, 0.2) is 30.5 Å². The number of aromatic nitrogens is 2. The quantitative estimate of drug-likeness (QED) is 0.807. The van der Waals surface area contributed by atoms with Gasteiger partial charge < -0.3 is 4.90 Å². The van der Waals surface area contributed by atoms with Gasteiger partial charge in [-0.15, -0.1) is 0 Å². The second kappa shape index (κ2) is 4.84. The van der Waals surface area contributed by atoms with E-state index in [0.29, 0.717) is 11.6 Å². The van der Waals surface area contributed by atoms with Crippen LogP contribution in [0.25, 0.3) is 0 Å². The largest absolute Gasteiger partial charge is 0.314 e. The molecule has 1 heterocycles. The zero-order valence-electron chi connectivity index (χ0n) is 10.7. The lowest BCUT2D eigenvalue weighted by Gasteiger charge is -2.18. The third-order valence-corrected chi connectivity index (χ3v) is 2.65. The molecule has 0 aliphatic heterocycles. The van der Waals surface area contributed by atoms with Crippen molar-refractivity contribution < 1.29 is 0 Å². The van der Waals surface area contributed by atoms with Gasteiger partial charge in [0.1, 0.15) is 11.8 Å². The maximum atomic E-state index is 8.84. The van der Waals surface area contributed by atoms with Gasteiger partial charge in [-0.1, -0.05) is 6.07 Å². The highest BCUT2D eigenvalue weighted by Gasteiger charge is 2.08. The minimum absolute atomic E-state index is 0.372. The van der Waals surface area contributed by atoms with Crippen LogP contribution in [0.2, 0.25) is 0 Å². The summed E-state index contributed by atoms with van der Waals surface area (Å²) in [5.74, 6) is 0.527. The minimum Gasteiger partial charge on any atom is -0.314 e. The molecule has 2 aromatic rings. The maximum Gasteiger partial charge on any atom is 0.230 e. The van der Waals surface area contributed by atoms with Crippen LogP contribution in [0.1, 0.15) is 16.8 Å². The molecule has 0 aliphatic rings. The van der Waals surface area contributed by atoms with E-state index in [9.17, 15) is 0 Å². The zero-order chi connectivity index (χ0) is 13.1. The molecule has 4 nitrogen and oxygen atoms in total. The second-order valence-electron chi connectivity index (χ2n) is 4.26. The molecule has 0 amide bonds. The number of anilines is 2. The number of rotatable bonds is 2. The molecule has 4 heteroatoms. The van der Waals surface area contributed by atoms with Gasteiger partial charge in [-0.2, -0.15) is 5.26 Å². The van der Waals surface area contributed by atoms with E-state index in [0.717, 1.165) is 5.69 Å². The van der Waals surface area contributed by atoms with Crippen LogP contribution in [-0.2, 0) is 0 Å². The van der Waals surface area contributed by atoms with Gasteiger partial charge in [-0.05, 0) is 43.2 Å². The summed E-state index contributed by atoms with van der Waals surface area (Å²) in [4.78, 5) is 10.2. The Balaban J connectivity index is 2.41. The third kappa shape index (κ3) is 2.46. The summed E-state index contributed by atoms with van der Waals surface area (Å²) < 4.78 is 0. The lowest BCUT2D eigenvalue weighted by Crippen LogP contribution is -2.13. The second-order valence-corrected chi connectivity index (χ2v) is 4.26. The summed E-state index contributed by atoms with van der Waals surface area (Å²) in [5.41, 5.74) is 3.76. The number of hydrogen-bond acceptors (Lipinski definition) is 4. The van der Waals surface area contributed by atoms with Crippen molar-refractivity contribution in [2.24, 2.45) is 0 Å². The Kier molecular flexibility index (Phi) is 3.24. The molecule has 0 radical (unpaired) electrons. The normalized spacial score (nSPS) is 9.89. The Labute approximate surface area is 107 Å². The molecule has 0 spiro atoms. The fraction of sp³-hybridized carbons (Fsp3) is 0.214. The molecule has 0 bridgehead atoms. The SMILES string of the molecule is Cc1cc(C)cc(N(C)c2nccc(C#N)n2)c1. The lowest BCUT2D eigenvalue weighted by molar-refractivity contribution is 1.03. The van der Waals surface area contributed by atoms with Gasteiger partial charge >= 0.3 is 0 Å². The number of benzene rings is 1.